The van der Waals surface area contributed by atoms with Crippen LogP contribution >= 0.6 is 0 Å². The number of carboxylic acid groups (broad SMARTS) is 1. The fourth-order valence-corrected chi connectivity index (χ4v) is 2.60. The second kappa shape index (κ2) is 6.91. The molecule has 1 atom stereocenters. The second-order valence-corrected chi connectivity index (χ2v) is 6.34. The van der Waals surface area contributed by atoms with E-state index in [1.807, 2.05) is 13.8 Å². The molecule has 0 saturated heterocycles. The first-order valence-electron chi connectivity index (χ1n) is 7.76. The Morgan fingerprint density at radius 2 is 1.88 bits per heavy atom. The Labute approximate surface area is 142 Å². The van der Waals surface area contributed by atoms with Gasteiger partial charge in [-0.1, -0.05) is 13.8 Å². The van der Waals surface area contributed by atoms with E-state index in [4.69, 9.17) is 0 Å². The molecule has 136 valence electrons. The third-order valence-electron chi connectivity index (χ3n) is 3.87. The van der Waals surface area contributed by atoms with Crippen molar-refractivity contribution in [3.63, 3.8) is 0 Å². The maximum atomic E-state index is 12.3. The number of aromatic nitrogens is 4. The van der Waals surface area contributed by atoms with E-state index in [2.05, 4.69) is 10.3 Å². The summed E-state index contributed by atoms with van der Waals surface area (Å²) in [6.45, 7) is 3.44. The molecule has 1 amide bonds. The lowest BCUT2D eigenvalue weighted by atomic mass is 10.0. The van der Waals surface area contributed by atoms with Crippen LogP contribution in [0.25, 0.3) is 11.2 Å². The van der Waals surface area contributed by atoms with Gasteiger partial charge in [0.05, 0.1) is 6.33 Å². The van der Waals surface area contributed by atoms with Crippen LogP contribution in [0.4, 0.5) is 0 Å². The molecule has 0 fully saturated rings. The first kappa shape index (κ1) is 18.4. The number of nitrogens with zero attached hydrogens (tertiary/aromatic N) is 4. The molecule has 0 aliphatic heterocycles. The maximum absolute atomic E-state index is 12.3. The smallest absolute Gasteiger partial charge is 0.332 e. The number of carbonyl (C=O) groups excluding carboxylic acids is 1. The topological polar surface area (TPSA) is 128 Å². The average molecular weight is 351 g/mol. The van der Waals surface area contributed by atoms with Gasteiger partial charge in [0.2, 0.25) is 5.91 Å². The van der Waals surface area contributed by atoms with E-state index in [1.165, 1.54) is 29.6 Å². The van der Waals surface area contributed by atoms with Crippen molar-refractivity contribution in [2.75, 3.05) is 0 Å². The van der Waals surface area contributed by atoms with Gasteiger partial charge in [-0.25, -0.2) is 14.6 Å². The van der Waals surface area contributed by atoms with Crippen molar-refractivity contribution in [3.05, 3.63) is 27.2 Å². The molecule has 10 nitrogen and oxygen atoms in total. The van der Waals surface area contributed by atoms with Crippen LogP contribution in [0.1, 0.15) is 20.3 Å². The van der Waals surface area contributed by atoms with E-state index in [9.17, 15) is 24.3 Å². The maximum Gasteiger partial charge on any atom is 0.332 e. The number of carbonyl (C=O) groups is 2. The van der Waals surface area contributed by atoms with E-state index in [0.717, 1.165) is 4.57 Å². The van der Waals surface area contributed by atoms with Crippen LogP contribution in [0.5, 0.6) is 0 Å². The van der Waals surface area contributed by atoms with Crippen molar-refractivity contribution in [1.82, 2.24) is 24.0 Å². The predicted octanol–water partition coefficient (Wildman–Crippen LogP) is -0.951. The number of aliphatic carboxylic acids is 1. The summed E-state index contributed by atoms with van der Waals surface area (Å²) in [5.74, 6) is -1.57. The summed E-state index contributed by atoms with van der Waals surface area (Å²) in [7, 11) is 2.81. The van der Waals surface area contributed by atoms with Crippen molar-refractivity contribution >= 4 is 23.0 Å². The van der Waals surface area contributed by atoms with Crippen LogP contribution in [0.3, 0.4) is 0 Å². The Kier molecular flexibility index (Phi) is 5.10. The first-order chi connectivity index (χ1) is 11.6. The van der Waals surface area contributed by atoms with Crippen molar-refractivity contribution in [3.8, 4) is 0 Å². The van der Waals surface area contributed by atoms with Crippen LogP contribution in [-0.4, -0.2) is 41.7 Å². The number of nitrogens with one attached hydrogen (secondary N) is 1. The lowest BCUT2D eigenvalue weighted by Crippen LogP contribution is -2.43. The first-order valence-corrected chi connectivity index (χ1v) is 7.76. The Morgan fingerprint density at radius 3 is 2.44 bits per heavy atom. The molecule has 2 aromatic rings. The highest BCUT2D eigenvalue weighted by Gasteiger charge is 2.22. The quantitative estimate of drug-likeness (QED) is 0.690. The van der Waals surface area contributed by atoms with Gasteiger partial charge in [-0.3, -0.25) is 18.7 Å². The van der Waals surface area contributed by atoms with Crippen LogP contribution in [0, 0.1) is 5.92 Å². The molecule has 0 unspecified atom stereocenters. The van der Waals surface area contributed by atoms with Crippen molar-refractivity contribution < 1.29 is 14.7 Å². The van der Waals surface area contributed by atoms with Gasteiger partial charge in [-0.05, 0) is 12.3 Å². The monoisotopic (exact) mass is 351 g/mol. The third kappa shape index (κ3) is 3.62. The Hall–Kier alpha value is -2.91. The highest BCUT2D eigenvalue weighted by atomic mass is 16.4. The third-order valence-corrected chi connectivity index (χ3v) is 3.87. The minimum absolute atomic E-state index is 0.0947. The van der Waals surface area contributed by atoms with Gasteiger partial charge in [0.1, 0.15) is 12.6 Å². The van der Waals surface area contributed by atoms with Crippen LogP contribution < -0.4 is 16.6 Å². The van der Waals surface area contributed by atoms with Crippen molar-refractivity contribution in [2.24, 2.45) is 20.0 Å². The number of imidazole rings is 1. The number of rotatable bonds is 6. The highest BCUT2D eigenvalue weighted by Crippen LogP contribution is 2.07. The molecule has 2 aromatic heterocycles. The summed E-state index contributed by atoms with van der Waals surface area (Å²) in [6, 6.07) is -1.01. The standard InChI is InChI=1S/C15H21N5O5/c1-8(2)5-9(14(23)24)17-10(21)6-20-7-16-12-11(20)13(22)19(4)15(25)18(12)3/h7-9H,5-6H2,1-4H3,(H,17,21)(H,23,24)/t9-/m0/s1. The minimum Gasteiger partial charge on any atom is -0.480 e. The zero-order chi connectivity index (χ0) is 18.9. The van der Waals surface area contributed by atoms with Crippen LogP contribution in [-0.2, 0) is 30.2 Å². The molecule has 0 spiro atoms. The molecule has 0 aliphatic carbocycles. The molecule has 0 bridgehead atoms. The summed E-state index contributed by atoms with van der Waals surface area (Å²) >= 11 is 0. The highest BCUT2D eigenvalue weighted by molar-refractivity contribution is 5.84. The van der Waals surface area contributed by atoms with Gasteiger partial charge in [-0.15, -0.1) is 0 Å². The molecule has 10 heteroatoms. The summed E-state index contributed by atoms with van der Waals surface area (Å²) in [5.41, 5.74) is -0.816. The SMILES string of the molecule is CC(C)C[C@H](NC(=O)Cn1cnc2c1c(=O)n(C)c(=O)n2C)C(=O)O. The molecule has 2 N–H and O–H groups in total. The lowest BCUT2D eigenvalue weighted by molar-refractivity contribution is -0.142. The largest absolute Gasteiger partial charge is 0.480 e. The fraction of sp³-hybridized carbons (Fsp3) is 0.533. The normalized spacial score (nSPS) is 12.5. The molecular weight excluding hydrogens is 330 g/mol. The van der Waals surface area contributed by atoms with E-state index in [0.29, 0.717) is 6.42 Å². The molecule has 2 heterocycles. The number of fused-ring (bicyclic) bond motifs is 1. The summed E-state index contributed by atoms with van der Waals surface area (Å²) in [5, 5.41) is 11.6. The van der Waals surface area contributed by atoms with Gasteiger partial charge in [0.15, 0.2) is 11.2 Å². The van der Waals surface area contributed by atoms with E-state index in [-0.39, 0.29) is 23.6 Å². The number of hydrogen-bond donors (Lipinski definition) is 2. The molecule has 0 saturated carbocycles. The van der Waals surface area contributed by atoms with E-state index >= 15 is 0 Å². The molecule has 0 aromatic carbocycles. The minimum atomic E-state index is -1.11. The van der Waals surface area contributed by atoms with Crippen LogP contribution in [0.15, 0.2) is 15.9 Å². The summed E-state index contributed by atoms with van der Waals surface area (Å²) in [4.78, 5) is 51.6. The van der Waals surface area contributed by atoms with Gasteiger partial charge in [0.25, 0.3) is 5.56 Å². The molecule has 0 radical (unpaired) electrons. The van der Waals surface area contributed by atoms with Crippen molar-refractivity contribution in [1.29, 1.82) is 0 Å². The molecule has 25 heavy (non-hydrogen) atoms. The van der Waals surface area contributed by atoms with Gasteiger partial charge >= 0.3 is 11.7 Å². The Bertz CT molecular complexity index is 936. The average Bonchev–Trinajstić information content (AvgIpc) is 2.93. The van der Waals surface area contributed by atoms with Gasteiger partial charge in [-0.2, -0.15) is 0 Å². The zero-order valence-electron chi connectivity index (χ0n) is 14.5. The number of amides is 1. The second-order valence-electron chi connectivity index (χ2n) is 6.34. The predicted molar refractivity (Wildman–Crippen MR) is 89.2 cm³/mol. The summed E-state index contributed by atoms with van der Waals surface area (Å²) < 4.78 is 3.45. The van der Waals surface area contributed by atoms with Crippen molar-refractivity contribution in [2.45, 2.75) is 32.9 Å². The Balaban J connectivity index is 2.32. The summed E-state index contributed by atoms with van der Waals surface area (Å²) in [6.07, 6.45) is 1.57. The molecular formula is C15H21N5O5. The molecule has 0 aliphatic rings. The zero-order valence-corrected chi connectivity index (χ0v) is 14.5. The van der Waals surface area contributed by atoms with E-state index in [1.54, 1.807) is 0 Å². The number of hydrogen-bond acceptors (Lipinski definition) is 5. The fourth-order valence-electron chi connectivity index (χ4n) is 2.60. The van der Waals surface area contributed by atoms with E-state index < -0.39 is 29.2 Å². The van der Waals surface area contributed by atoms with Gasteiger partial charge in [0, 0.05) is 14.1 Å². The number of carboxylic acids is 1. The molecule has 2 rings (SSSR count). The van der Waals surface area contributed by atoms with Gasteiger partial charge < -0.3 is 15.0 Å². The number of aryl methyl sites for hydroxylation is 1. The Morgan fingerprint density at radius 1 is 1.24 bits per heavy atom. The lowest BCUT2D eigenvalue weighted by Gasteiger charge is -2.16. The van der Waals surface area contributed by atoms with Crippen LogP contribution in [0.2, 0.25) is 0 Å².